The van der Waals surface area contributed by atoms with Crippen molar-refractivity contribution in [2.45, 2.75) is 25.8 Å². The molecule has 1 N–H and O–H groups in total. The molecule has 1 fully saturated rings. The lowest BCUT2D eigenvalue weighted by atomic mass is 9.98. The Balaban J connectivity index is 2.52. The molecule has 2 atom stereocenters. The fourth-order valence-corrected chi connectivity index (χ4v) is 2.51. The molecule has 0 aliphatic carbocycles. The zero-order valence-electron chi connectivity index (χ0n) is 12.0. The molecule has 0 bridgehead atoms. The number of hydrogen-bond acceptors (Lipinski definition) is 5. The molecule has 6 heteroatoms. The van der Waals surface area contributed by atoms with Crippen molar-refractivity contribution >= 4 is 11.9 Å². The Morgan fingerprint density at radius 2 is 2.16 bits per heavy atom. The van der Waals surface area contributed by atoms with E-state index < -0.39 is 12.0 Å². The predicted octanol–water partition coefficient (Wildman–Crippen LogP) is 0.0225. The molecule has 1 saturated heterocycles. The molecule has 1 heterocycles. The molecular formula is C13H24N2O4. The number of nitrogens with one attached hydrogen (secondary N) is 1. The van der Waals surface area contributed by atoms with Crippen LogP contribution in [0, 0.1) is 5.92 Å². The van der Waals surface area contributed by atoms with Crippen LogP contribution < -0.4 is 5.32 Å². The van der Waals surface area contributed by atoms with Crippen molar-refractivity contribution in [3.8, 4) is 0 Å². The minimum absolute atomic E-state index is 0.221. The largest absolute Gasteiger partial charge is 0.467 e. The summed E-state index contributed by atoms with van der Waals surface area (Å²) in [6.07, 6.45) is 2.23. The van der Waals surface area contributed by atoms with Gasteiger partial charge in [0.05, 0.1) is 13.7 Å². The summed E-state index contributed by atoms with van der Waals surface area (Å²) in [7, 11) is 3.04. The minimum Gasteiger partial charge on any atom is -0.467 e. The van der Waals surface area contributed by atoms with E-state index in [-0.39, 0.29) is 5.91 Å². The maximum Gasteiger partial charge on any atom is 0.329 e. The van der Waals surface area contributed by atoms with Crippen LogP contribution in [0.5, 0.6) is 0 Å². The number of piperidine rings is 1. The second-order valence-corrected chi connectivity index (χ2v) is 5.00. The van der Waals surface area contributed by atoms with Crippen molar-refractivity contribution in [3.63, 3.8) is 0 Å². The topological polar surface area (TPSA) is 67.9 Å². The lowest BCUT2D eigenvalue weighted by molar-refractivity contribution is -0.145. The first-order valence-electron chi connectivity index (χ1n) is 6.63. The van der Waals surface area contributed by atoms with E-state index in [4.69, 9.17) is 9.47 Å². The molecule has 2 unspecified atom stereocenters. The first-order chi connectivity index (χ1) is 9.06. The van der Waals surface area contributed by atoms with Crippen molar-refractivity contribution in [1.82, 2.24) is 10.2 Å². The number of rotatable bonds is 6. The Hall–Kier alpha value is -1.14. The Morgan fingerprint density at radius 3 is 2.74 bits per heavy atom. The van der Waals surface area contributed by atoms with Crippen molar-refractivity contribution in [2.75, 3.05) is 40.5 Å². The van der Waals surface area contributed by atoms with Crippen LogP contribution in [0.4, 0.5) is 0 Å². The molecule has 0 aromatic rings. The third kappa shape index (κ3) is 5.57. The van der Waals surface area contributed by atoms with Crippen LogP contribution in [0.2, 0.25) is 0 Å². The van der Waals surface area contributed by atoms with Crippen molar-refractivity contribution < 1.29 is 19.1 Å². The zero-order valence-corrected chi connectivity index (χ0v) is 12.0. The second kappa shape index (κ2) is 8.12. The van der Waals surface area contributed by atoms with E-state index in [1.54, 1.807) is 7.11 Å². The van der Waals surface area contributed by atoms with Gasteiger partial charge in [0, 0.05) is 27.1 Å². The summed E-state index contributed by atoms with van der Waals surface area (Å²) in [6, 6.07) is -0.594. The van der Waals surface area contributed by atoms with Gasteiger partial charge in [-0.25, -0.2) is 4.79 Å². The van der Waals surface area contributed by atoms with Crippen LogP contribution in [-0.2, 0) is 19.1 Å². The van der Waals surface area contributed by atoms with Crippen molar-refractivity contribution in [3.05, 3.63) is 0 Å². The van der Waals surface area contributed by atoms with Gasteiger partial charge in [0.2, 0.25) is 5.91 Å². The van der Waals surface area contributed by atoms with E-state index in [9.17, 15) is 9.59 Å². The van der Waals surface area contributed by atoms with Crippen LogP contribution in [0.1, 0.15) is 19.8 Å². The zero-order chi connectivity index (χ0) is 14.3. The minimum atomic E-state index is -0.594. The molecule has 0 spiro atoms. The average molecular weight is 272 g/mol. The SMILES string of the molecule is COCC1CCCN(CC(NC(C)=O)C(=O)OC)C1. The molecule has 0 radical (unpaired) electrons. The number of carbonyl (C=O) groups is 2. The highest BCUT2D eigenvalue weighted by Gasteiger charge is 2.26. The Labute approximate surface area is 114 Å². The van der Waals surface area contributed by atoms with Crippen LogP contribution in [0.15, 0.2) is 0 Å². The number of amides is 1. The lowest BCUT2D eigenvalue weighted by Crippen LogP contribution is -2.50. The number of nitrogens with zero attached hydrogens (tertiary/aromatic N) is 1. The molecule has 1 amide bonds. The summed E-state index contributed by atoms with van der Waals surface area (Å²) >= 11 is 0. The predicted molar refractivity (Wildman–Crippen MR) is 70.7 cm³/mol. The normalized spacial score (nSPS) is 21.7. The highest BCUT2D eigenvalue weighted by Crippen LogP contribution is 2.16. The second-order valence-electron chi connectivity index (χ2n) is 5.00. The van der Waals surface area contributed by atoms with Gasteiger partial charge in [-0.2, -0.15) is 0 Å². The maximum absolute atomic E-state index is 11.6. The van der Waals surface area contributed by atoms with Crippen molar-refractivity contribution in [1.29, 1.82) is 0 Å². The monoisotopic (exact) mass is 272 g/mol. The summed E-state index contributed by atoms with van der Waals surface area (Å²) in [5.41, 5.74) is 0. The number of methoxy groups -OCH3 is 2. The third-order valence-corrected chi connectivity index (χ3v) is 3.31. The van der Waals surface area contributed by atoms with Crippen LogP contribution >= 0.6 is 0 Å². The molecule has 6 nitrogen and oxygen atoms in total. The van der Waals surface area contributed by atoms with Crippen LogP contribution in [-0.4, -0.2) is 63.3 Å². The number of ether oxygens (including phenoxy) is 2. The first-order valence-corrected chi connectivity index (χ1v) is 6.63. The van der Waals surface area contributed by atoms with E-state index in [1.807, 2.05) is 0 Å². The van der Waals surface area contributed by atoms with Gasteiger partial charge in [0.15, 0.2) is 0 Å². The van der Waals surface area contributed by atoms with Gasteiger partial charge in [0.25, 0.3) is 0 Å². The Morgan fingerprint density at radius 1 is 1.42 bits per heavy atom. The number of likely N-dealkylation sites (tertiary alicyclic amines) is 1. The number of esters is 1. The smallest absolute Gasteiger partial charge is 0.329 e. The van der Waals surface area contributed by atoms with Gasteiger partial charge < -0.3 is 19.7 Å². The average Bonchev–Trinajstić information content (AvgIpc) is 2.37. The molecule has 1 aliphatic rings. The molecular weight excluding hydrogens is 248 g/mol. The quantitative estimate of drug-likeness (QED) is 0.691. The van der Waals surface area contributed by atoms with Gasteiger partial charge in [-0.05, 0) is 25.3 Å². The molecule has 0 aromatic carbocycles. The molecule has 19 heavy (non-hydrogen) atoms. The summed E-state index contributed by atoms with van der Waals surface area (Å²) in [5.74, 6) is -0.126. The Bertz CT molecular complexity index is 307. The summed E-state index contributed by atoms with van der Waals surface area (Å²) < 4.78 is 9.90. The molecule has 110 valence electrons. The van der Waals surface area contributed by atoms with Gasteiger partial charge in [0.1, 0.15) is 6.04 Å². The summed E-state index contributed by atoms with van der Waals surface area (Å²) in [4.78, 5) is 25.0. The van der Waals surface area contributed by atoms with E-state index in [2.05, 4.69) is 10.2 Å². The molecule has 0 aromatic heterocycles. The third-order valence-electron chi connectivity index (χ3n) is 3.31. The van der Waals surface area contributed by atoms with Crippen LogP contribution in [0.25, 0.3) is 0 Å². The standard InChI is InChI=1S/C13H24N2O4/c1-10(16)14-12(13(17)19-3)8-15-6-4-5-11(7-15)9-18-2/h11-12H,4-9H2,1-3H3,(H,14,16). The molecule has 0 saturated carbocycles. The molecule has 1 rings (SSSR count). The van der Waals surface area contributed by atoms with E-state index in [0.29, 0.717) is 12.5 Å². The van der Waals surface area contributed by atoms with E-state index >= 15 is 0 Å². The van der Waals surface area contributed by atoms with E-state index in [0.717, 1.165) is 32.5 Å². The maximum atomic E-state index is 11.6. The highest BCUT2D eigenvalue weighted by molar-refractivity contribution is 5.83. The van der Waals surface area contributed by atoms with E-state index in [1.165, 1.54) is 14.0 Å². The van der Waals surface area contributed by atoms with Crippen LogP contribution in [0.3, 0.4) is 0 Å². The summed E-state index contributed by atoms with van der Waals surface area (Å²) in [6.45, 7) is 4.46. The number of hydrogen-bond donors (Lipinski definition) is 1. The van der Waals surface area contributed by atoms with Gasteiger partial charge in [-0.15, -0.1) is 0 Å². The molecule has 1 aliphatic heterocycles. The fourth-order valence-electron chi connectivity index (χ4n) is 2.51. The summed E-state index contributed by atoms with van der Waals surface area (Å²) in [5, 5.41) is 2.64. The lowest BCUT2D eigenvalue weighted by Gasteiger charge is -2.34. The van der Waals surface area contributed by atoms with Gasteiger partial charge in [-0.1, -0.05) is 0 Å². The number of carbonyl (C=O) groups excluding carboxylic acids is 2. The highest BCUT2D eigenvalue weighted by atomic mass is 16.5. The van der Waals surface area contributed by atoms with Gasteiger partial charge in [-0.3, -0.25) is 4.79 Å². The fraction of sp³-hybridized carbons (Fsp3) is 0.846. The first kappa shape index (κ1) is 15.9. The Kier molecular flexibility index (Phi) is 6.80. The van der Waals surface area contributed by atoms with Crippen molar-refractivity contribution in [2.24, 2.45) is 5.92 Å². The van der Waals surface area contributed by atoms with Gasteiger partial charge >= 0.3 is 5.97 Å².